The van der Waals surface area contributed by atoms with Crippen molar-refractivity contribution >= 4 is 39.1 Å². The summed E-state index contributed by atoms with van der Waals surface area (Å²) in [5.74, 6) is 0.811. The fraction of sp³-hybridized carbons (Fsp3) is 0.188. The van der Waals surface area contributed by atoms with E-state index in [0.29, 0.717) is 34.4 Å². The highest BCUT2D eigenvalue weighted by atomic mass is 79.9. The van der Waals surface area contributed by atoms with Crippen molar-refractivity contribution in [3.05, 3.63) is 51.5 Å². The van der Waals surface area contributed by atoms with Crippen LogP contribution >= 0.6 is 27.5 Å². The first-order chi connectivity index (χ1) is 10.5. The van der Waals surface area contributed by atoms with E-state index in [-0.39, 0.29) is 5.91 Å². The zero-order chi connectivity index (χ0) is 16.1. The van der Waals surface area contributed by atoms with Gasteiger partial charge in [-0.1, -0.05) is 27.5 Å². The lowest BCUT2D eigenvalue weighted by atomic mass is 10.2. The second kappa shape index (κ2) is 7.51. The first-order valence-corrected chi connectivity index (χ1v) is 7.79. The number of halogens is 2. The van der Waals surface area contributed by atoms with E-state index in [0.717, 1.165) is 4.47 Å². The Morgan fingerprint density at radius 1 is 1.23 bits per heavy atom. The molecular formula is C16H15BrClNO3. The Hall–Kier alpha value is -1.72. The van der Waals surface area contributed by atoms with Crippen LogP contribution in [0.15, 0.2) is 40.9 Å². The van der Waals surface area contributed by atoms with E-state index < -0.39 is 0 Å². The van der Waals surface area contributed by atoms with Gasteiger partial charge in [-0.3, -0.25) is 4.79 Å². The number of hydrogen-bond donors (Lipinski definition) is 1. The van der Waals surface area contributed by atoms with Crippen molar-refractivity contribution in [2.24, 2.45) is 0 Å². The van der Waals surface area contributed by atoms with Crippen molar-refractivity contribution in [3.8, 4) is 11.5 Å². The molecule has 0 aromatic heterocycles. The maximum atomic E-state index is 12.4. The largest absolute Gasteiger partial charge is 0.495 e. The van der Waals surface area contributed by atoms with Crippen LogP contribution in [-0.4, -0.2) is 19.6 Å². The summed E-state index contributed by atoms with van der Waals surface area (Å²) in [5, 5.41) is 3.23. The second-order valence-corrected chi connectivity index (χ2v) is 5.70. The molecule has 0 bridgehead atoms. The van der Waals surface area contributed by atoms with Crippen LogP contribution in [0, 0.1) is 0 Å². The fourth-order valence-corrected chi connectivity index (χ4v) is 2.52. The topological polar surface area (TPSA) is 47.6 Å². The number of hydrogen-bond acceptors (Lipinski definition) is 3. The molecule has 0 fully saturated rings. The van der Waals surface area contributed by atoms with Gasteiger partial charge in [0.1, 0.15) is 11.5 Å². The number of rotatable bonds is 5. The van der Waals surface area contributed by atoms with E-state index in [1.54, 1.807) is 30.3 Å². The standard InChI is InChI=1S/C16H15BrClNO3/c1-3-22-14-6-4-10(17)8-12(14)16(20)19-11-5-7-15(21-2)13(18)9-11/h4-9H,3H2,1-2H3,(H,19,20). The summed E-state index contributed by atoms with van der Waals surface area (Å²) >= 11 is 9.42. The summed E-state index contributed by atoms with van der Waals surface area (Å²) in [4.78, 5) is 12.4. The van der Waals surface area contributed by atoms with E-state index in [9.17, 15) is 4.79 Å². The minimum atomic E-state index is -0.272. The summed E-state index contributed by atoms with van der Waals surface area (Å²) in [7, 11) is 1.54. The van der Waals surface area contributed by atoms with Crippen LogP contribution < -0.4 is 14.8 Å². The normalized spacial score (nSPS) is 10.2. The molecule has 0 aliphatic heterocycles. The molecule has 2 rings (SSSR count). The maximum Gasteiger partial charge on any atom is 0.259 e. The van der Waals surface area contributed by atoms with E-state index in [4.69, 9.17) is 21.1 Å². The number of carbonyl (C=O) groups is 1. The molecule has 22 heavy (non-hydrogen) atoms. The molecule has 116 valence electrons. The summed E-state index contributed by atoms with van der Waals surface area (Å²) in [5.41, 5.74) is 1.03. The first-order valence-electron chi connectivity index (χ1n) is 6.62. The van der Waals surface area contributed by atoms with E-state index in [1.165, 1.54) is 7.11 Å². The highest BCUT2D eigenvalue weighted by molar-refractivity contribution is 9.10. The first kappa shape index (κ1) is 16.6. The van der Waals surface area contributed by atoms with E-state index >= 15 is 0 Å². The summed E-state index contributed by atoms with van der Waals surface area (Å²) < 4.78 is 11.4. The Balaban J connectivity index is 2.25. The van der Waals surface area contributed by atoms with Crippen LogP contribution in [0.2, 0.25) is 5.02 Å². The Kier molecular flexibility index (Phi) is 5.69. The van der Waals surface area contributed by atoms with Crippen LogP contribution in [-0.2, 0) is 0 Å². The average molecular weight is 385 g/mol. The van der Waals surface area contributed by atoms with Gasteiger partial charge in [-0.2, -0.15) is 0 Å². The summed E-state index contributed by atoms with van der Waals surface area (Å²) in [6.07, 6.45) is 0. The predicted molar refractivity (Wildman–Crippen MR) is 91.3 cm³/mol. The monoisotopic (exact) mass is 383 g/mol. The van der Waals surface area contributed by atoms with Crippen LogP contribution in [0.4, 0.5) is 5.69 Å². The molecule has 2 aromatic rings. The number of carbonyl (C=O) groups excluding carboxylic acids is 1. The zero-order valence-corrected chi connectivity index (χ0v) is 14.5. The molecule has 0 spiro atoms. The summed E-state index contributed by atoms with van der Waals surface area (Å²) in [6, 6.07) is 10.3. The van der Waals surface area contributed by atoms with Gasteiger partial charge < -0.3 is 14.8 Å². The molecule has 0 saturated heterocycles. The SMILES string of the molecule is CCOc1ccc(Br)cc1C(=O)Nc1ccc(OC)c(Cl)c1. The van der Waals surface area contributed by atoms with Crippen LogP contribution in [0.25, 0.3) is 0 Å². The predicted octanol–water partition coefficient (Wildman–Crippen LogP) is 4.76. The molecule has 0 heterocycles. The van der Waals surface area contributed by atoms with Gasteiger partial charge in [0.2, 0.25) is 0 Å². The molecule has 1 amide bonds. The Bertz CT molecular complexity index is 691. The highest BCUT2D eigenvalue weighted by Crippen LogP contribution is 2.29. The Labute approximate surface area is 142 Å². The highest BCUT2D eigenvalue weighted by Gasteiger charge is 2.14. The minimum Gasteiger partial charge on any atom is -0.495 e. The molecular weight excluding hydrogens is 370 g/mol. The lowest BCUT2D eigenvalue weighted by molar-refractivity contribution is 0.102. The molecule has 6 heteroatoms. The Morgan fingerprint density at radius 2 is 1.95 bits per heavy atom. The third kappa shape index (κ3) is 3.93. The van der Waals surface area contributed by atoms with Crippen LogP contribution in [0.5, 0.6) is 11.5 Å². The van der Waals surface area contributed by atoms with Gasteiger partial charge in [0.15, 0.2) is 0 Å². The minimum absolute atomic E-state index is 0.272. The summed E-state index contributed by atoms with van der Waals surface area (Å²) in [6.45, 7) is 2.35. The molecule has 0 unspecified atom stereocenters. The molecule has 0 aliphatic rings. The van der Waals surface area contributed by atoms with Crippen LogP contribution in [0.1, 0.15) is 17.3 Å². The van der Waals surface area contributed by atoms with Crippen molar-refractivity contribution in [2.45, 2.75) is 6.92 Å². The fourth-order valence-electron chi connectivity index (χ4n) is 1.90. The molecule has 0 saturated carbocycles. The molecule has 4 nitrogen and oxygen atoms in total. The zero-order valence-electron chi connectivity index (χ0n) is 12.2. The van der Waals surface area contributed by atoms with Gasteiger partial charge in [-0.05, 0) is 43.3 Å². The number of nitrogens with one attached hydrogen (secondary N) is 1. The van der Waals surface area contributed by atoms with Crippen molar-refractivity contribution in [2.75, 3.05) is 19.0 Å². The van der Waals surface area contributed by atoms with Crippen molar-refractivity contribution in [1.29, 1.82) is 0 Å². The molecule has 1 N–H and O–H groups in total. The molecule has 2 aromatic carbocycles. The number of benzene rings is 2. The third-order valence-corrected chi connectivity index (χ3v) is 3.68. The molecule has 0 atom stereocenters. The smallest absolute Gasteiger partial charge is 0.259 e. The van der Waals surface area contributed by atoms with Gasteiger partial charge in [-0.25, -0.2) is 0 Å². The molecule has 0 aliphatic carbocycles. The van der Waals surface area contributed by atoms with Gasteiger partial charge >= 0.3 is 0 Å². The van der Waals surface area contributed by atoms with E-state index in [2.05, 4.69) is 21.2 Å². The van der Waals surface area contributed by atoms with Crippen molar-refractivity contribution in [1.82, 2.24) is 0 Å². The third-order valence-electron chi connectivity index (χ3n) is 2.90. The van der Waals surface area contributed by atoms with Crippen molar-refractivity contribution in [3.63, 3.8) is 0 Å². The van der Waals surface area contributed by atoms with Gasteiger partial charge in [-0.15, -0.1) is 0 Å². The lowest BCUT2D eigenvalue weighted by Gasteiger charge is -2.12. The number of methoxy groups -OCH3 is 1. The molecule has 0 radical (unpaired) electrons. The average Bonchev–Trinajstić information content (AvgIpc) is 2.49. The lowest BCUT2D eigenvalue weighted by Crippen LogP contribution is -2.13. The van der Waals surface area contributed by atoms with Gasteiger partial charge in [0.05, 0.1) is 24.3 Å². The maximum absolute atomic E-state index is 12.4. The Morgan fingerprint density at radius 3 is 2.59 bits per heavy atom. The number of ether oxygens (including phenoxy) is 2. The van der Waals surface area contributed by atoms with Gasteiger partial charge in [0, 0.05) is 10.2 Å². The van der Waals surface area contributed by atoms with Crippen molar-refractivity contribution < 1.29 is 14.3 Å². The van der Waals surface area contributed by atoms with Gasteiger partial charge in [0.25, 0.3) is 5.91 Å². The number of anilines is 1. The second-order valence-electron chi connectivity index (χ2n) is 4.38. The van der Waals surface area contributed by atoms with E-state index in [1.807, 2.05) is 13.0 Å². The number of amides is 1. The quantitative estimate of drug-likeness (QED) is 0.808. The van der Waals surface area contributed by atoms with Crippen LogP contribution in [0.3, 0.4) is 0 Å².